The predicted molar refractivity (Wildman–Crippen MR) is 78.2 cm³/mol. The summed E-state index contributed by atoms with van der Waals surface area (Å²) in [4.78, 5) is 10.9. The Morgan fingerprint density at radius 2 is 2.20 bits per heavy atom. The molecule has 106 valence electrons. The number of aldehydes is 1. The second kappa shape index (κ2) is 6.56. The van der Waals surface area contributed by atoms with Crippen molar-refractivity contribution in [2.75, 3.05) is 6.61 Å². The van der Waals surface area contributed by atoms with Gasteiger partial charge in [0, 0.05) is 24.4 Å². The molecule has 5 nitrogen and oxygen atoms in total. The fourth-order valence-corrected chi connectivity index (χ4v) is 2.34. The molecule has 1 aromatic heterocycles. The lowest BCUT2D eigenvalue weighted by Gasteiger charge is -2.13. The zero-order chi connectivity index (χ0) is 14.5. The molecule has 1 aromatic carbocycles. The number of carbonyl (C=O) groups is 1. The van der Waals surface area contributed by atoms with E-state index in [1.54, 1.807) is 23.0 Å². The van der Waals surface area contributed by atoms with Gasteiger partial charge in [-0.05, 0) is 35.0 Å². The Labute approximate surface area is 125 Å². The van der Waals surface area contributed by atoms with Crippen molar-refractivity contribution >= 4 is 22.2 Å². The first kappa shape index (κ1) is 14.6. The van der Waals surface area contributed by atoms with Gasteiger partial charge >= 0.3 is 0 Å². The topological polar surface area (TPSA) is 53.4 Å². The van der Waals surface area contributed by atoms with Crippen LogP contribution in [0.1, 0.15) is 22.8 Å². The van der Waals surface area contributed by atoms with Gasteiger partial charge in [0.05, 0.1) is 17.3 Å². The molecule has 1 heterocycles. The molecule has 0 saturated heterocycles. The largest absolute Gasteiger partial charge is 0.490 e. The van der Waals surface area contributed by atoms with E-state index >= 15 is 0 Å². The number of aryl methyl sites for hydroxylation is 1. The van der Waals surface area contributed by atoms with Gasteiger partial charge in [-0.15, -0.1) is 0 Å². The lowest BCUT2D eigenvalue weighted by Crippen LogP contribution is -2.01. The maximum Gasteiger partial charge on any atom is 0.175 e. The molecule has 2 aromatic rings. The van der Waals surface area contributed by atoms with E-state index in [1.807, 2.05) is 20.2 Å². The Kier molecular flexibility index (Phi) is 4.79. The normalized spacial score (nSPS) is 10.3. The van der Waals surface area contributed by atoms with Crippen molar-refractivity contribution in [2.24, 2.45) is 7.05 Å². The number of hydrogen-bond donors (Lipinski definition) is 0. The molecule has 0 aliphatic carbocycles. The molecule has 0 amide bonds. The first-order valence-corrected chi connectivity index (χ1v) is 6.95. The van der Waals surface area contributed by atoms with Crippen molar-refractivity contribution in [2.45, 2.75) is 13.5 Å². The van der Waals surface area contributed by atoms with E-state index in [2.05, 4.69) is 21.0 Å². The fraction of sp³-hybridized carbons (Fsp3) is 0.286. The molecule has 0 radical (unpaired) electrons. The molecule has 0 saturated carbocycles. The number of ether oxygens (including phenoxy) is 2. The Morgan fingerprint density at radius 1 is 1.40 bits per heavy atom. The van der Waals surface area contributed by atoms with E-state index in [4.69, 9.17) is 9.47 Å². The Bertz CT molecular complexity index is 610. The van der Waals surface area contributed by atoms with Gasteiger partial charge < -0.3 is 9.47 Å². The number of nitrogens with zero attached hydrogens (tertiary/aromatic N) is 2. The second-order valence-corrected chi connectivity index (χ2v) is 5.05. The number of carbonyl (C=O) groups excluding carboxylic acids is 1. The van der Waals surface area contributed by atoms with Gasteiger partial charge in [-0.2, -0.15) is 5.10 Å². The summed E-state index contributed by atoms with van der Waals surface area (Å²) >= 11 is 3.40. The van der Waals surface area contributed by atoms with Gasteiger partial charge in [-0.3, -0.25) is 9.48 Å². The summed E-state index contributed by atoms with van der Waals surface area (Å²) in [5, 5.41) is 4.08. The molecule has 0 aliphatic heterocycles. The van der Waals surface area contributed by atoms with Crippen LogP contribution in [-0.2, 0) is 13.7 Å². The summed E-state index contributed by atoms with van der Waals surface area (Å²) in [7, 11) is 1.85. The van der Waals surface area contributed by atoms with E-state index in [0.29, 0.717) is 34.7 Å². The van der Waals surface area contributed by atoms with Gasteiger partial charge in [0.1, 0.15) is 12.9 Å². The van der Waals surface area contributed by atoms with Crippen molar-refractivity contribution < 1.29 is 14.3 Å². The third-order valence-corrected chi connectivity index (χ3v) is 3.20. The minimum absolute atomic E-state index is 0.382. The fourth-order valence-electron chi connectivity index (χ4n) is 1.76. The molecule has 0 N–H and O–H groups in total. The summed E-state index contributed by atoms with van der Waals surface area (Å²) < 4.78 is 13.7. The molecule has 20 heavy (non-hydrogen) atoms. The van der Waals surface area contributed by atoms with Crippen LogP contribution < -0.4 is 9.47 Å². The average molecular weight is 339 g/mol. The quantitative estimate of drug-likeness (QED) is 0.760. The van der Waals surface area contributed by atoms with E-state index in [9.17, 15) is 4.79 Å². The SMILES string of the molecule is CCOc1cc(C=O)cc(Br)c1OCc1cnn(C)c1. The van der Waals surface area contributed by atoms with Crippen LogP contribution in [0.15, 0.2) is 29.0 Å². The second-order valence-electron chi connectivity index (χ2n) is 4.19. The molecule has 0 aliphatic rings. The monoisotopic (exact) mass is 338 g/mol. The molecule has 0 fully saturated rings. The van der Waals surface area contributed by atoms with Crippen LogP contribution in [0, 0.1) is 0 Å². The Morgan fingerprint density at radius 3 is 2.80 bits per heavy atom. The maximum atomic E-state index is 10.9. The Balaban J connectivity index is 2.22. The minimum Gasteiger partial charge on any atom is -0.490 e. The smallest absolute Gasteiger partial charge is 0.175 e. The van der Waals surface area contributed by atoms with Crippen molar-refractivity contribution in [1.29, 1.82) is 0 Å². The zero-order valence-electron chi connectivity index (χ0n) is 11.3. The van der Waals surface area contributed by atoms with Crippen LogP contribution in [0.4, 0.5) is 0 Å². The Hall–Kier alpha value is -1.82. The lowest BCUT2D eigenvalue weighted by atomic mass is 10.2. The number of halogens is 1. The van der Waals surface area contributed by atoms with Crippen molar-refractivity contribution in [3.63, 3.8) is 0 Å². The molecule has 6 heteroatoms. The van der Waals surface area contributed by atoms with Crippen LogP contribution in [-0.4, -0.2) is 22.7 Å². The molecule has 0 bridgehead atoms. The van der Waals surface area contributed by atoms with Gasteiger partial charge in [-0.25, -0.2) is 0 Å². The predicted octanol–water partition coefficient (Wildman–Crippen LogP) is 2.97. The summed E-state index contributed by atoms with van der Waals surface area (Å²) in [6.45, 7) is 2.76. The van der Waals surface area contributed by atoms with E-state index < -0.39 is 0 Å². The molecule has 0 atom stereocenters. The van der Waals surface area contributed by atoms with Gasteiger partial charge in [0.2, 0.25) is 0 Å². The average Bonchev–Trinajstić information content (AvgIpc) is 2.83. The summed E-state index contributed by atoms with van der Waals surface area (Å²) in [6, 6.07) is 3.37. The lowest BCUT2D eigenvalue weighted by molar-refractivity contribution is 0.112. The van der Waals surface area contributed by atoms with Crippen LogP contribution >= 0.6 is 15.9 Å². The number of benzene rings is 1. The number of aromatic nitrogens is 2. The molecule has 2 rings (SSSR count). The van der Waals surface area contributed by atoms with E-state index in [1.165, 1.54) is 0 Å². The van der Waals surface area contributed by atoms with E-state index in [0.717, 1.165) is 11.8 Å². The van der Waals surface area contributed by atoms with Crippen LogP contribution in [0.5, 0.6) is 11.5 Å². The molecule has 0 spiro atoms. The summed E-state index contributed by atoms with van der Waals surface area (Å²) in [6.07, 6.45) is 4.40. The summed E-state index contributed by atoms with van der Waals surface area (Å²) in [5.41, 5.74) is 1.50. The third kappa shape index (κ3) is 3.39. The third-order valence-electron chi connectivity index (χ3n) is 2.61. The van der Waals surface area contributed by atoms with Crippen molar-refractivity contribution in [3.05, 3.63) is 40.1 Å². The molecular weight excluding hydrogens is 324 g/mol. The minimum atomic E-state index is 0.382. The van der Waals surface area contributed by atoms with E-state index in [-0.39, 0.29) is 0 Å². The first-order chi connectivity index (χ1) is 9.63. The highest BCUT2D eigenvalue weighted by atomic mass is 79.9. The van der Waals surface area contributed by atoms with Gasteiger partial charge in [0.15, 0.2) is 11.5 Å². The number of rotatable bonds is 6. The highest BCUT2D eigenvalue weighted by molar-refractivity contribution is 9.10. The van der Waals surface area contributed by atoms with Crippen LogP contribution in [0.25, 0.3) is 0 Å². The first-order valence-electron chi connectivity index (χ1n) is 6.16. The molecule has 0 unspecified atom stereocenters. The van der Waals surface area contributed by atoms with Crippen LogP contribution in [0.3, 0.4) is 0 Å². The standard InChI is InChI=1S/C14H15BrN2O3/c1-3-19-13-5-10(8-18)4-12(15)14(13)20-9-11-6-16-17(2)7-11/h4-8H,3,9H2,1-2H3. The van der Waals surface area contributed by atoms with Gasteiger partial charge in [-0.1, -0.05) is 0 Å². The maximum absolute atomic E-state index is 10.9. The molecular formula is C14H15BrN2O3. The highest BCUT2D eigenvalue weighted by Crippen LogP contribution is 2.37. The van der Waals surface area contributed by atoms with Crippen molar-refractivity contribution in [3.8, 4) is 11.5 Å². The zero-order valence-corrected chi connectivity index (χ0v) is 12.9. The highest BCUT2D eigenvalue weighted by Gasteiger charge is 2.12. The number of hydrogen-bond acceptors (Lipinski definition) is 4. The van der Waals surface area contributed by atoms with Gasteiger partial charge in [0.25, 0.3) is 0 Å². The summed E-state index contributed by atoms with van der Waals surface area (Å²) in [5.74, 6) is 1.13. The van der Waals surface area contributed by atoms with Crippen molar-refractivity contribution in [1.82, 2.24) is 9.78 Å². The van der Waals surface area contributed by atoms with Crippen LogP contribution in [0.2, 0.25) is 0 Å².